The molecule has 0 bridgehead atoms. The van der Waals surface area contributed by atoms with Crippen molar-refractivity contribution in [3.8, 4) is 0 Å². The van der Waals surface area contributed by atoms with Crippen LogP contribution in [0.1, 0.15) is 10.4 Å². The van der Waals surface area contributed by atoms with Crippen LogP contribution in [0.15, 0.2) is 11.4 Å². The van der Waals surface area contributed by atoms with Crippen molar-refractivity contribution in [2.75, 3.05) is 0 Å². The molecule has 0 aromatic carbocycles. The van der Waals surface area contributed by atoms with Gasteiger partial charge in [-0.25, -0.2) is 0 Å². The molecule has 0 saturated heterocycles. The molecule has 1 N–H and O–H groups in total. The minimum atomic E-state index is 0.892. The quantitative estimate of drug-likeness (QED) is 0.662. The van der Waals surface area contributed by atoms with E-state index in [9.17, 15) is 0 Å². The second kappa shape index (κ2) is 2.99. The number of thiophene rings is 1. The van der Waals surface area contributed by atoms with E-state index in [4.69, 9.17) is 0 Å². The van der Waals surface area contributed by atoms with E-state index in [1.165, 1.54) is 10.4 Å². The van der Waals surface area contributed by atoms with Crippen LogP contribution in [0.4, 0.5) is 0 Å². The maximum absolute atomic E-state index is 3.56. The molecule has 1 heterocycles. The third kappa shape index (κ3) is 1.53. The Labute approximate surface area is 59.7 Å². The maximum Gasteiger partial charge on any atom is 0.0302 e. The Morgan fingerprint density at radius 3 is 3.00 bits per heavy atom. The normalized spacial score (nSPS) is 10.0. The van der Waals surface area contributed by atoms with Crippen LogP contribution in [-0.4, -0.2) is 0 Å². The lowest BCUT2D eigenvalue weighted by molar-refractivity contribution is 0.877. The molecule has 0 amide bonds. The summed E-state index contributed by atoms with van der Waals surface area (Å²) in [5.41, 5.74) is 1.36. The standard InChI is InChI=1S/C7H10NS/c1-6-3-4-9-7(6)5-8-2/h3-4,8H,2,5H2,1H3. The SMILES string of the molecule is [CH2]NCc1sccc1C. The monoisotopic (exact) mass is 140 g/mol. The van der Waals surface area contributed by atoms with Gasteiger partial charge >= 0.3 is 0 Å². The summed E-state index contributed by atoms with van der Waals surface area (Å²) in [6, 6.07) is 2.12. The summed E-state index contributed by atoms with van der Waals surface area (Å²) in [5, 5.41) is 4.97. The minimum Gasteiger partial charge on any atom is -0.311 e. The van der Waals surface area contributed by atoms with Crippen molar-refractivity contribution in [2.24, 2.45) is 0 Å². The third-order valence-corrected chi connectivity index (χ3v) is 2.28. The molecule has 0 unspecified atom stereocenters. The van der Waals surface area contributed by atoms with Gasteiger partial charge in [0.15, 0.2) is 0 Å². The summed E-state index contributed by atoms with van der Waals surface area (Å²) < 4.78 is 0. The van der Waals surface area contributed by atoms with Gasteiger partial charge in [-0.05, 0) is 23.9 Å². The number of nitrogens with one attached hydrogen (secondary N) is 1. The van der Waals surface area contributed by atoms with Crippen molar-refractivity contribution in [2.45, 2.75) is 13.5 Å². The average Bonchev–Trinajstić information content (AvgIpc) is 2.18. The first-order valence-electron chi connectivity index (χ1n) is 2.87. The van der Waals surface area contributed by atoms with Crippen molar-refractivity contribution in [1.29, 1.82) is 0 Å². The van der Waals surface area contributed by atoms with E-state index in [0.717, 1.165) is 6.54 Å². The van der Waals surface area contributed by atoms with Gasteiger partial charge in [0, 0.05) is 18.5 Å². The van der Waals surface area contributed by atoms with Crippen LogP contribution in [0.2, 0.25) is 0 Å². The van der Waals surface area contributed by atoms with Crippen molar-refractivity contribution in [3.63, 3.8) is 0 Å². The highest BCUT2D eigenvalue weighted by Crippen LogP contribution is 2.14. The summed E-state index contributed by atoms with van der Waals surface area (Å²) in [6.45, 7) is 3.01. The first-order chi connectivity index (χ1) is 4.34. The number of hydrogen-bond donors (Lipinski definition) is 1. The van der Waals surface area contributed by atoms with Crippen LogP contribution in [0.25, 0.3) is 0 Å². The van der Waals surface area contributed by atoms with Crippen molar-refractivity contribution >= 4 is 11.3 Å². The van der Waals surface area contributed by atoms with E-state index < -0.39 is 0 Å². The topological polar surface area (TPSA) is 12.0 Å². The van der Waals surface area contributed by atoms with E-state index >= 15 is 0 Å². The Hall–Kier alpha value is -0.340. The van der Waals surface area contributed by atoms with E-state index in [1.807, 2.05) is 0 Å². The molecule has 0 saturated carbocycles. The van der Waals surface area contributed by atoms with Crippen LogP contribution in [0.3, 0.4) is 0 Å². The summed E-state index contributed by atoms with van der Waals surface area (Å²) in [7, 11) is 3.56. The lowest BCUT2D eigenvalue weighted by Crippen LogP contribution is -2.00. The fourth-order valence-corrected chi connectivity index (χ4v) is 1.57. The number of hydrogen-bond acceptors (Lipinski definition) is 2. The second-order valence-electron chi connectivity index (χ2n) is 1.95. The predicted octanol–water partition coefficient (Wildman–Crippen LogP) is 1.94. The zero-order valence-corrected chi connectivity index (χ0v) is 6.29. The molecular formula is C7H10NS. The Kier molecular flexibility index (Phi) is 2.25. The molecule has 1 aromatic rings. The van der Waals surface area contributed by atoms with Gasteiger partial charge in [0.1, 0.15) is 0 Å². The molecule has 0 atom stereocenters. The highest BCUT2D eigenvalue weighted by Gasteiger charge is 1.94. The van der Waals surface area contributed by atoms with Gasteiger partial charge in [-0.2, -0.15) is 0 Å². The lowest BCUT2D eigenvalue weighted by atomic mass is 10.3. The van der Waals surface area contributed by atoms with Gasteiger partial charge in [-0.1, -0.05) is 0 Å². The van der Waals surface area contributed by atoms with E-state index in [0.29, 0.717) is 0 Å². The smallest absolute Gasteiger partial charge is 0.0302 e. The molecule has 1 rings (SSSR count). The van der Waals surface area contributed by atoms with Crippen molar-refractivity contribution in [3.05, 3.63) is 28.9 Å². The molecule has 1 aromatic heterocycles. The Morgan fingerprint density at radius 1 is 1.78 bits per heavy atom. The molecule has 1 radical (unpaired) electrons. The zero-order chi connectivity index (χ0) is 6.69. The molecular weight excluding hydrogens is 130 g/mol. The van der Waals surface area contributed by atoms with Crippen LogP contribution in [-0.2, 0) is 6.54 Å². The molecule has 49 valence electrons. The Balaban J connectivity index is 2.69. The van der Waals surface area contributed by atoms with Gasteiger partial charge in [0.2, 0.25) is 0 Å². The fraction of sp³-hybridized carbons (Fsp3) is 0.286. The first-order valence-corrected chi connectivity index (χ1v) is 3.75. The second-order valence-corrected chi connectivity index (χ2v) is 2.95. The lowest BCUT2D eigenvalue weighted by Gasteiger charge is -1.94. The van der Waals surface area contributed by atoms with Gasteiger partial charge < -0.3 is 5.32 Å². The molecule has 0 fully saturated rings. The molecule has 9 heavy (non-hydrogen) atoms. The van der Waals surface area contributed by atoms with Crippen LogP contribution < -0.4 is 5.32 Å². The van der Waals surface area contributed by atoms with Gasteiger partial charge in [0.05, 0.1) is 0 Å². The molecule has 0 spiro atoms. The summed E-state index contributed by atoms with van der Waals surface area (Å²) in [5.74, 6) is 0. The van der Waals surface area contributed by atoms with Crippen LogP contribution in [0, 0.1) is 14.0 Å². The number of aryl methyl sites for hydroxylation is 1. The molecule has 1 nitrogen and oxygen atoms in total. The largest absolute Gasteiger partial charge is 0.311 e. The van der Waals surface area contributed by atoms with Crippen molar-refractivity contribution in [1.82, 2.24) is 5.32 Å². The molecule has 0 aliphatic heterocycles. The number of rotatable bonds is 2. The van der Waals surface area contributed by atoms with Gasteiger partial charge in [0.25, 0.3) is 0 Å². The van der Waals surface area contributed by atoms with Crippen LogP contribution >= 0.6 is 11.3 Å². The van der Waals surface area contributed by atoms with Crippen molar-refractivity contribution < 1.29 is 0 Å². The average molecular weight is 140 g/mol. The summed E-state index contributed by atoms with van der Waals surface area (Å²) >= 11 is 1.77. The fourth-order valence-electron chi connectivity index (χ4n) is 0.699. The molecule has 0 aliphatic rings. The minimum absolute atomic E-state index is 0.892. The summed E-state index contributed by atoms with van der Waals surface area (Å²) in [4.78, 5) is 1.38. The summed E-state index contributed by atoms with van der Waals surface area (Å²) in [6.07, 6.45) is 0. The Morgan fingerprint density at radius 2 is 2.56 bits per heavy atom. The highest BCUT2D eigenvalue weighted by molar-refractivity contribution is 7.10. The van der Waals surface area contributed by atoms with E-state index in [-0.39, 0.29) is 0 Å². The van der Waals surface area contributed by atoms with Gasteiger partial charge in [-0.15, -0.1) is 11.3 Å². The van der Waals surface area contributed by atoms with E-state index in [2.05, 4.69) is 30.7 Å². The zero-order valence-electron chi connectivity index (χ0n) is 5.48. The van der Waals surface area contributed by atoms with E-state index in [1.54, 1.807) is 11.3 Å². The molecule has 2 heteroatoms. The maximum atomic E-state index is 3.56. The predicted molar refractivity (Wildman–Crippen MR) is 41.3 cm³/mol. The van der Waals surface area contributed by atoms with Crippen LogP contribution in [0.5, 0.6) is 0 Å². The van der Waals surface area contributed by atoms with Gasteiger partial charge in [-0.3, -0.25) is 0 Å². The highest BCUT2D eigenvalue weighted by atomic mass is 32.1. The first kappa shape index (κ1) is 6.78. The molecule has 0 aliphatic carbocycles. The Bertz CT molecular complexity index is 181. The third-order valence-electron chi connectivity index (χ3n) is 1.25.